The third-order valence-electron chi connectivity index (χ3n) is 4.88. The number of benzene rings is 2. The minimum absolute atomic E-state index is 0.0694. The van der Waals surface area contributed by atoms with Gasteiger partial charge in [-0.3, -0.25) is 4.79 Å². The number of amides is 1. The van der Waals surface area contributed by atoms with Gasteiger partial charge < -0.3 is 9.42 Å². The average molecular weight is 347 g/mol. The molecule has 1 saturated heterocycles. The van der Waals surface area contributed by atoms with Crippen LogP contribution < -0.4 is 4.90 Å². The number of hydrogen-bond donors (Lipinski definition) is 0. The van der Waals surface area contributed by atoms with Crippen LogP contribution in [0.25, 0.3) is 11.4 Å². The Bertz CT molecular complexity index is 913. The summed E-state index contributed by atoms with van der Waals surface area (Å²) in [5.74, 6) is 1.12. The number of aromatic nitrogens is 2. The lowest BCUT2D eigenvalue weighted by Crippen LogP contribution is -2.24. The van der Waals surface area contributed by atoms with Gasteiger partial charge in [0.25, 0.3) is 0 Å². The largest absolute Gasteiger partial charge is 0.339 e. The van der Waals surface area contributed by atoms with Crippen LogP contribution in [0.1, 0.15) is 36.3 Å². The number of rotatable bonds is 4. The van der Waals surface area contributed by atoms with Crippen LogP contribution in [0.15, 0.2) is 53.1 Å². The molecule has 1 fully saturated rings. The fraction of sp³-hybridized carbons (Fsp3) is 0.286. The van der Waals surface area contributed by atoms with Crippen LogP contribution in [0, 0.1) is 6.92 Å². The summed E-state index contributed by atoms with van der Waals surface area (Å²) in [6.45, 7) is 4.73. The minimum atomic E-state index is -0.0694. The van der Waals surface area contributed by atoms with Crippen molar-refractivity contribution in [1.29, 1.82) is 0 Å². The van der Waals surface area contributed by atoms with Crippen LogP contribution in [0.2, 0.25) is 0 Å². The SMILES string of the molecule is CCc1ccc(N2C[C@@H](c3nc(-c4ccc(C)cc4)no3)CC2=O)cc1. The molecule has 2 heterocycles. The fourth-order valence-corrected chi connectivity index (χ4v) is 3.26. The van der Waals surface area contributed by atoms with E-state index in [0.29, 0.717) is 24.7 Å². The summed E-state index contributed by atoms with van der Waals surface area (Å²) >= 11 is 0. The molecule has 1 atom stereocenters. The Labute approximate surface area is 152 Å². The molecule has 0 aliphatic carbocycles. The molecule has 26 heavy (non-hydrogen) atoms. The Balaban J connectivity index is 1.52. The van der Waals surface area contributed by atoms with Crippen molar-refractivity contribution < 1.29 is 9.32 Å². The van der Waals surface area contributed by atoms with Crippen LogP contribution in [0.5, 0.6) is 0 Å². The van der Waals surface area contributed by atoms with Gasteiger partial charge in [0.15, 0.2) is 0 Å². The number of aryl methyl sites for hydroxylation is 2. The lowest BCUT2D eigenvalue weighted by atomic mass is 10.1. The zero-order valence-electron chi connectivity index (χ0n) is 15.0. The molecule has 5 heteroatoms. The summed E-state index contributed by atoms with van der Waals surface area (Å²) in [6, 6.07) is 16.1. The van der Waals surface area contributed by atoms with E-state index in [2.05, 4.69) is 29.2 Å². The maximum Gasteiger partial charge on any atom is 0.232 e. The van der Waals surface area contributed by atoms with Crippen LogP contribution in [-0.2, 0) is 11.2 Å². The standard InChI is InChI=1S/C21H21N3O2/c1-3-15-6-10-18(11-7-15)24-13-17(12-19(24)25)21-22-20(23-26-21)16-8-4-14(2)5-9-16/h4-11,17H,3,12-13H2,1-2H3/t17-/m0/s1. The lowest BCUT2D eigenvalue weighted by molar-refractivity contribution is -0.117. The van der Waals surface area contributed by atoms with Crippen molar-refractivity contribution in [3.63, 3.8) is 0 Å². The zero-order chi connectivity index (χ0) is 18.1. The molecule has 0 radical (unpaired) electrons. The van der Waals surface area contributed by atoms with Crippen molar-refractivity contribution in [2.75, 3.05) is 11.4 Å². The molecule has 3 aromatic rings. The Morgan fingerprint density at radius 2 is 1.85 bits per heavy atom. The third kappa shape index (κ3) is 3.12. The highest BCUT2D eigenvalue weighted by atomic mass is 16.5. The van der Waals surface area contributed by atoms with Gasteiger partial charge in [-0.05, 0) is 31.0 Å². The second-order valence-electron chi connectivity index (χ2n) is 6.75. The van der Waals surface area contributed by atoms with E-state index in [1.807, 2.05) is 43.3 Å². The second-order valence-corrected chi connectivity index (χ2v) is 6.75. The van der Waals surface area contributed by atoms with E-state index < -0.39 is 0 Å². The Hall–Kier alpha value is -2.95. The Kier molecular flexibility index (Phi) is 4.29. The van der Waals surface area contributed by atoms with Crippen molar-refractivity contribution in [2.45, 2.75) is 32.6 Å². The predicted molar refractivity (Wildman–Crippen MR) is 100 cm³/mol. The molecule has 0 unspecified atom stereocenters. The summed E-state index contributed by atoms with van der Waals surface area (Å²) in [5.41, 5.74) is 4.29. The summed E-state index contributed by atoms with van der Waals surface area (Å²) in [6.07, 6.45) is 1.38. The van der Waals surface area contributed by atoms with Crippen molar-refractivity contribution in [2.24, 2.45) is 0 Å². The van der Waals surface area contributed by atoms with Crippen LogP contribution in [0.4, 0.5) is 5.69 Å². The molecule has 0 N–H and O–H groups in total. The molecular weight excluding hydrogens is 326 g/mol. The van der Waals surface area contributed by atoms with E-state index in [9.17, 15) is 4.79 Å². The van der Waals surface area contributed by atoms with Crippen LogP contribution in [0.3, 0.4) is 0 Å². The maximum atomic E-state index is 12.5. The van der Waals surface area contributed by atoms with Gasteiger partial charge in [0.2, 0.25) is 17.6 Å². The summed E-state index contributed by atoms with van der Waals surface area (Å²) in [5, 5.41) is 4.09. The molecule has 1 aliphatic heterocycles. The molecule has 2 aromatic carbocycles. The van der Waals surface area contributed by atoms with E-state index >= 15 is 0 Å². The first-order valence-corrected chi connectivity index (χ1v) is 8.94. The minimum Gasteiger partial charge on any atom is -0.339 e. The summed E-state index contributed by atoms with van der Waals surface area (Å²) in [4.78, 5) is 18.8. The predicted octanol–water partition coefficient (Wildman–Crippen LogP) is 4.13. The first-order chi connectivity index (χ1) is 12.6. The van der Waals surface area contributed by atoms with Gasteiger partial charge in [0.1, 0.15) is 0 Å². The van der Waals surface area contributed by atoms with Gasteiger partial charge >= 0.3 is 0 Å². The molecule has 5 nitrogen and oxygen atoms in total. The van der Waals surface area contributed by atoms with Crippen LogP contribution in [-0.4, -0.2) is 22.6 Å². The number of carbonyl (C=O) groups excluding carboxylic acids is 1. The van der Waals surface area contributed by atoms with Gasteiger partial charge in [-0.2, -0.15) is 4.98 Å². The molecule has 0 saturated carbocycles. The number of hydrogen-bond acceptors (Lipinski definition) is 4. The lowest BCUT2D eigenvalue weighted by Gasteiger charge is -2.16. The number of carbonyl (C=O) groups is 1. The number of nitrogens with zero attached hydrogens (tertiary/aromatic N) is 3. The molecule has 0 bridgehead atoms. The first kappa shape index (κ1) is 16.5. The van der Waals surface area contributed by atoms with Crippen molar-refractivity contribution in [3.05, 3.63) is 65.5 Å². The van der Waals surface area contributed by atoms with E-state index in [1.165, 1.54) is 11.1 Å². The highest BCUT2D eigenvalue weighted by molar-refractivity contribution is 5.96. The van der Waals surface area contributed by atoms with Crippen molar-refractivity contribution >= 4 is 11.6 Å². The molecule has 1 aliphatic rings. The van der Waals surface area contributed by atoms with E-state index in [1.54, 1.807) is 4.90 Å². The highest BCUT2D eigenvalue weighted by Crippen LogP contribution is 2.32. The topological polar surface area (TPSA) is 59.2 Å². The molecule has 4 rings (SSSR count). The Morgan fingerprint density at radius 3 is 2.54 bits per heavy atom. The van der Waals surface area contributed by atoms with E-state index in [-0.39, 0.29) is 11.8 Å². The normalized spacial score (nSPS) is 17.1. The van der Waals surface area contributed by atoms with E-state index in [4.69, 9.17) is 4.52 Å². The molecule has 1 aromatic heterocycles. The quantitative estimate of drug-likeness (QED) is 0.712. The van der Waals surface area contributed by atoms with E-state index in [0.717, 1.165) is 17.7 Å². The van der Waals surface area contributed by atoms with Gasteiger partial charge in [-0.25, -0.2) is 0 Å². The van der Waals surface area contributed by atoms with Gasteiger partial charge in [-0.1, -0.05) is 54.0 Å². The first-order valence-electron chi connectivity index (χ1n) is 8.94. The smallest absolute Gasteiger partial charge is 0.232 e. The molecule has 0 spiro atoms. The van der Waals surface area contributed by atoms with Crippen LogP contribution >= 0.6 is 0 Å². The molecular formula is C21H21N3O2. The second kappa shape index (κ2) is 6.75. The zero-order valence-corrected chi connectivity index (χ0v) is 15.0. The summed E-state index contributed by atoms with van der Waals surface area (Å²) < 4.78 is 5.46. The number of anilines is 1. The van der Waals surface area contributed by atoms with Crippen molar-refractivity contribution in [1.82, 2.24) is 10.1 Å². The monoisotopic (exact) mass is 347 g/mol. The third-order valence-corrected chi connectivity index (χ3v) is 4.88. The maximum absolute atomic E-state index is 12.5. The van der Waals surface area contributed by atoms with Gasteiger partial charge in [0, 0.05) is 24.2 Å². The summed E-state index contributed by atoms with van der Waals surface area (Å²) in [7, 11) is 0. The Morgan fingerprint density at radius 1 is 1.12 bits per heavy atom. The molecule has 1 amide bonds. The highest BCUT2D eigenvalue weighted by Gasteiger charge is 2.35. The molecule has 132 valence electrons. The van der Waals surface area contributed by atoms with Gasteiger partial charge in [-0.15, -0.1) is 0 Å². The fourth-order valence-electron chi connectivity index (χ4n) is 3.26. The van der Waals surface area contributed by atoms with Crippen molar-refractivity contribution in [3.8, 4) is 11.4 Å². The van der Waals surface area contributed by atoms with Gasteiger partial charge in [0.05, 0.1) is 5.92 Å². The average Bonchev–Trinajstić information content (AvgIpc) is 3.29.